The molecule has 1 aromatic rings. The average molecular weight is 469 g/mol. The number of nitrogens with zero attached hydrogens (tertiary/aromatic N) is 1. The zero-order valence-electron chi connectivity index (χ0n) is 15.6. The van der Waals surface area contributed by atoms with Crippen LogP contribution >= 0.6 is 22.6 Å². The molecule has 0 fully saturated rings. The number of carbonyl (C=O) groups excluding carboxylic acids is 2. The largest absolute Gasteiger partial charge is 0.384 e. The Morgan fingerprint density at radius 3 is 2.58 bits per heavy atom. The average Bonchev–Trinajstić information content (AvgIpc) is 2.88. The van der Waals surface area contributed by atoms with Gasteiger partial charge in [-0.2, -0.15) is 0 Å². The van der Waals surface area contributed by atoms with E-state index in [0.717, 1.165) is 45.2 Å². The van der Waals surface area contributed by atoms with Crippen LogP contribution in [0.4, 0.5) is 0 Å². The minimum atomic E-state index is -0.514. The molecule has 1 amide bonds. The highest BCUT2D eigenvalue weighted by Crippen LogP contribution is 2.08. The summed E-state index contributed by atoms with van der Waals surface area (Å²) in [7, 11) is 1.60. The predicted molar refractivity (Wildman–Crippen MR) is 118 cm³/mol. The Bertz CT molecular complexity index is 870. The number of alkyl halides is 1. The zero-order chi connectivity index (χ0) is 19.7. The van der Waals surface area contributed by atoms with E-state index in [2.05, 4.69) is 59.0 Å². The first-order valence-corrected chi connectivity index (χ1v) is 10.2. The van der Waals surface area contributed by atoms with Crippen LogP contribution in [0.15, 0.2) is 12.7 Å². The number of nitrogens with one attached hydrogen (secondary N) is 2. The number of rotatable bonds is 10. The summed E-state index contributed by atoms with van der Waals surface area (Å²) in [6.07, 6.45) is 6.17. The standard InChI is InChI=1S/C20H28IN3O2/c1-6-9-17-19(16(7-2)23-12-11-21)14(3)15(4)24(17)18(10-8-13-25)20(26)22-5/h7,9,13,18,23H,2-4,6,8,10-12H2,1,5H3,(H,22,26)/b17-9+,19-16-. The van der Waals surface area contributed by atoms with E-state index >= 15 is 0 Å². The van der Waals surface area contributed by atoms with Gasteiger partial charge in [-0.05, 0) is 18.9 Å². The molecule has 1 rings (SSSR count). The number of likely N-dealkylation sites (N-methyl/N-ethyl adjacent to an activating group) is 1. The van der Waals surface area contributed by atoms with E-state index in [1.165, 1.54) is 0 Å². The molecule has 0 saturated heterocycles. The lowest BCUT2D eigenvalue weighted by atomic mass is 10.1. The van der Waals surface area contributed by atoms with E-state index in [-0.39, 0.29) is 5.91 Å². The normalized spacial score (nSPS) is 13.9. The van der Waals surface area contributed by atoms with Gasteiger partial charge in [-0.3, -0.25) is 4.79 Å². The van der Waals surface area contributed by atoms with Crippen molar-refractivity contribution in [3.8, 4) is 0 Å². The lowest BCUT2D eigenvalue weighted by Crippen LogP contribution is -2.43. The van der Waals surface area contributed by atoms with E-state index in [1.807, 2.05) is 11.5 Å². The van der Waals surface area contributed by atoms with Gasteiger partial charge in [0.2, 0.25) is 5.91 Å². The number of aldehydes is 1. The molecule has 5 nitrogen and oxygen atoms in total. The van der Waals surface area contributed by atoms with Gasteiger partial charge in [0.1, 0.15) is 12.3 Å². The van der Waals surface area contributed by atoms with Crippen molar-refractivity contribution >= 4 is 59.7 Å². The second kappa shape index (κ2) is 11.0. The fourth-order valence-corrected chi connectivity index (χ4v) is 3.24. The molecule has 1 heterocycles. The summed E-state index contributed by atoms with van der Waals surface area (Å²) in [5, 5.41) is 9.31. The zero-order valence-corrected chi connectivity index (χ0v) is 17.8. The van der Waals surface area contributed by atoms with Gasteiger partial charge < -0.3 is 20.0 Å². The van der Waals surface area contributed by atoms with Crippen LogP contribution in [-0.4, -0.2) is 34.8 Å². The van der Waals surface area contributed by atoms with Crippen molar-refractivity contribution < 1.29 is 9.59 Å². The predicted octanol–water partition coefficient (Wildman–Crippen LogP) is 0.0842. The molecule has 26 heavy (non-hydrogen) atoms. The van der Waals surface area contributed by atoms with E-state index < -0.39 is 6.04 Å². The van der Waals surface area contributed by atoms with E-state index in [9.17, 15) is 9.59 Å². The lowest BCUT2D eigenvalue weighted by Gasteiger charge is -2.18. The molecule has 1 unspecified atom stereocenters. The minimum Gasteiger partial charge on any atom is -0.384 e. The Labute approximate surface area is 168 Å². The van der Waals surface area contributed by atoms with Crippen molar-refractivity contribution in [3.05, 3.63) is 33.8 Å². The summed E-state index contributed by atoms with van der Waals surface area (Å²) < 4.78 is 2.85. The van der Waals surface area contributed by atoms with Crippen LogP contribution < -0.4 is 31.8 Å². The molecule has 142 valence electrons. The van der Waals surface area contributed by atoms with Crippen LogP contribution in [0.5, 0.6) is 0 Å². The van der Waals surface area contributed by atoms with Crippen molar-refractivity contribution in [2.45, 2.75) is 32.2 Å². The summed E-state index contributed by atoms with van der Waals surface area (Å²) in [6.45, 7) is 15.1. The van der Waals surface area contributed by atoms with Crippen molar-refractivity contribution in [1.82, 2.24) is 15.2 Å². The molecule has 0 radical (unpaired) electrons. The minimum absolute atomic E-state index is 0.149. The molecule has 0 aliphatic rings. The van der Waals surface area contributed by atoms with Gasteiger partial charge in [-0.1, -0.05) is 55.3 Å². The highest BCUT2D eigenvalue weighted by Gasteiger charge is 2.21. The number of amides is 1. The number of aromatic nitrogens is 1. The number of hydrogen-bond acceptors (Lipinski definition) is 3. The Morgan fingerprint density at radius 2 is 2.08 bits per heavy atom. The second-order valence-electron chi connectivity index (χ2n) is 5.78. The third-order valence-electron chi connectivity index (χ3n) is 4.16. The van der Waals surface area contributed by atoms with Crippen LogP contribution in [0.25, 0.3) is 24.9 Å². The van der Waals surface area contributed by atoms with Gasteiger partial charge in [0.25, 0.3) is 0 Å². The van der Waals surface area contributed by atoms with Gasteiger partial charge in [0.05, 0.1) is 0 Å². The molecular formula is C20H28IN3O2. The third-order valence-corrected chi connectivity index (χ3v) is 4.70. The van der Waals surface area contributed by atoms with Crippen molar-refractivity contribution in [1.29, 1.82) is 0 Å². The summed E-state index contributed by atoms with van der Waals surface area (Å²) in [5.41, 5.74) is 0.876. The van der Waals surface area contributed by atoms with Gasteiger partial charge >= 0.3 is 0 Å². The Balaban J connectivity index is 3.90. The topological polar surface area (TPSA) is 63.1 Å². The quantitative estimate of drug-likeness (QED) is 0.290. The molecule has 2 N–H and O–H groups in total. The molecule has 0 aliphatic carbocycles. The Kier molecular flexibility index (Phi) is 9.40. The van der Waals surface area contributed by atoms with Gasteiger partial charge in [-0.25, -0.2) is 0 Å². The number of halogens is 1. The second-order valence-corrected chi connectivity index (χ2v) is 6.85. The van der Waals surface area contributed by atoms with E-state index in [1.54, 1.807) is 13.1 Å². The molecule has 1 aromatic heterocycles. The van der Waals surface area contributed by atoms with Crippen molar-refractivity contribution in [2.24, 2.45) is 0 Å². The van der Waals surface area contributed by atoms with Crippen LogP contribution in [-0.2, 0) is 9.59 Å². The molecule has 0 bridgehead atoms. The maximum atomic E-state index is 12.5. The summed E-state index contributed by atoms with van der Waals surface area (Å²) in [6, 6.07) is -0.514. The van der Waals surface area contributed by atoms with Gasteiger partial charge in [0.15, 0.2) is 0 Å². The van der Waals surface area contributed by atoms with Crippen molar-refractivity contribution in [2.75, 3.05) is 18.0 Å². The number of hydrogen-bond donors (Lipinski definition) is 2. The highest BCUT2D eigenvalue weighted by atomic mass is 127. The lowest BCUT2D eigenvalue weighted by molar-refractivity contribution is -0.124. The first kappa shape index (κ1) is 22.2. The summed E-state index contributed by atoms with van der Waals surface area (Å²) in [4.78, 5) is 23.4. The van der Waals surface area contributed by atoms with Crippen LogP contribution in [0.1, 0.15) is 32.2 Å². The third kappa shape index (κ3) is 4.87. The van der Waals surface area contributed by atoms with Crippen molar-refractivity contribution in [3.63, 3.8) is 0 Å². The maximum absolute atomic E-state index is 12.5. The monoisotopic (exact) mass is 469 g/mol. The summed E-state index contributed by atoms with van der Waals surface area (Å²) in [5.74, 6) is -0.149. The summed E-state index contributed by atoms with van der Waals surface area (Å²) >= 11 is 2.30. The SMILES string of the molecule is C=C/C(NCCI)=c1\c(=C)c(=C)n(C(CCC=O)C(=O)NC)\c1=C\CC. The molecule has 6 heteroatoms. The molecule has 0 spiro atoms. The Morgan fingerprint density at radius 1 is 1.38 bits per heavy atom. The van der Waals surface area contributed by atoms with Crippen LogP contribution in [0.3, 0.4) is 0 Å². The van der Waals surface area contributed by atoms with Crippen LogP contribution in [0, 0.1) is 0 Å². The van der Waals surface area contributed by atoms with Gasteiger partial charge in [-0.15, -0.1) is 0 Å². The molecule has 0 aliphatic heterocycles. The molecular weight excluding hydrogens is 441 g/mol. The molecule has 1 atom stereocenters. The first-order valence-electron chi connectivity index (χ1n) is 8.68. The molecule has 0 saturated carbocycles. The maximum Gasteiger partial charge on any atom is 0.242 e. The highest BCUT2D eigenvalue weighted by molar-refractivity contribution is 14.1. The van der Waals surface area contributed by atoms with E-state index in [0.29, 0.717) is 18.2 Å². The number of carbonyl (C=O) groups is 2. The molecule has 0 aromatic carbocycles. The fourth-order valence-electron chi connectivity index (χ4n) is 2.97. The van der Waals surface area contributed by atoms with Gasteiger partial charge in [0, 0.05) is 51.3 Å². The smallest absolute Gasteiger partial charge is 0.242 e. The van der Waals surface area contributed by atoms with E-state index in [4.69, 9.17) is 0 Å². The van der Waals surface area contributed by atoms with Crippen LogP contribution in [0.2, 0.25) is 0 Å². The fraction of sp³-hybridized carbons (Fsp3) is 0.400. The first-order chi connectivity index (χ1) is 12.5. The Hall–Kier alpha value is -1.83.